The van der Waals surface area contributed by atoms with Gasteiger partial charge in [0.1, 0.15) is 5.84 Å². The van der Waals surface area contributed by atoms with Crippen molar-refractivity contribution in [1.82, 2.24) is 10.4 Å². The number of para-hydroxylation sites is 1. The molecule has 0 radical (unpaired) electrons. The zero-order valence-electron chi connectivity index (χ0n) is 10.0. The summed E-state index contributed by atoms with van der Waals surface area (Å²) < 4.78 is 0. The van der Waals surface area contributed by atoms with Gasteiger partial charge in [-0.15, -0.1) is 0 Å². The van der Waals surface area contributed by atoms with Gasteiger partial charge in [0.25, 0.3) is 0 Å². The zero-order valence-corrected chi connectivity index (χ0v) is 10.0. The molecule has 88 valence electrons. The third-order valence-electron chi connectivity index (χ3n) is 2.43. The van der Waals surface area contributed by atoms with E-state index in [1.54, 1.807) is 6.20 Å². The van der Waals surface area contributed by atoms with Crippen LogP contribution >= 0.6 is 0 Å². The maximum absolute atomic E-state index is 5.54. The van der Waals surface area contributed by atoms with Crippen LogP contribution in [0.5, 0.6) is 0 Å². The molecule has 1 heterocycles. The van der Waals surface area contributed by atoms with Crippen molar-refractivity contribution < 1.29 is 0 Å². The average Bonchev–Trinajstić information content (AvgIpc) is 2.35. The molecule has 3 N–H and O–H groups in total. The molecule has 0 aliphatic heterocycles. The standard InChI is InChI=1S/C13H16N4/c1-9(2)16-13(17-14)11-7-8-15-12-6-4-3-5-10(11)12/h3-9H,14H2,1-2H3,(H,16,17). The summed E-state index contributed by atoms with van der Waals surface area (Å²) in [5.74, 6) is 6.24. The number of aliphatic imine (C=N–C) groups is 1. The van der Waals surface area contributed by atoms with E-state index in [0.717, 1.165) is 16.5 Å². The van der Waals surface area contributed by atoms with Crippen LogP contribution in [0, 0.1) is 0 Å². The first-order valence-corrected chi connectivity index (χ1v) is 5.61. The highest BCUT2D eigenvalue weighted by molar-refractivity contribution is 6.08. The molecule has 17 heavy (non-hydrogen) atoms. The quantitative estimate of drug-likeness (QED) is 0.357. The van der Waals surface area contributed by atoms with Crippen molar-refractivity contribution in [2.45, 2.75) is 19.9 Å². The number of aromatic nitrogens is 1. The SMILES string of the molecule is CC(C)N=C(NN)c1ccnc2ccccc12. The van der Waals surface area contributed by atoms with Crippen LogP contribution in [-0.2, 0) is 0 Å². The molecule has 0 bridgehead atoms. The van der Waals surface area contributed by atoms with Gasteiger partial charge >= 0.3 is 0 Å². The van der Waals surface area contributed by atoms with Gasteiger partial charge in [-0.25, -0.2) is 5.84 Å². The lowest BCUT2D eigenvalue weighted by molar-refractivity contribution is 0.821. The van der Waals surface area contributed by atoms with E-state index < -0.39 is 0 Å². The van der Waals surface area contributed by atoms with Crippen LogP contribution in [0.2, 0.25) is 0 Å². The molecule has 0 spiro atoms. The molecule has 4 nitrogen and oxygen atoms in total. The van der Waals surface area contributed by atoms with Gasteiger partial charge in [0, 0.05) is 23.2 Å². The molecule has 2 aromatic rings. The predicted molar refractivity (Wildman–Crippen MR) is 70.7 cm³/mol. The summed E-state index contributed by atoms with van der Waals surface area (Å²) >= 11 is 0. The smallest absolute Gasteiger partial charge is 0.143 e. The second-order valence-electron chi connectivity index (χ2n) is 4.09. The van der Waals surface area contributed by atoms with Crippen molar-refractivity contribution in [3.8, 4) is 0 Å². The van der Waals surface area contributed by atoms with E-state index in [4.69, 9.17) is 5.84 Å². The van der Waals surface area contributed by atoms with Crippen molar-refractivity contribution >= 4 is 16.7 Å². The van der Waals surface area contributed by atoms with Crippen molar-refractivity contribution in [3.05, 3.63) is 42.1 Å². The first-order chi connectivity index (χ1) is 8.22. The Kier molecular flexibility index (Phi) is 3.35. The summed E-state index contributed by atoms with van der Waals surface area (Å²) in [6.45, 7) is 4.03. The second-order valence-corrected chi connectivity index (χ2v) is 4.09. The minimum atomic E-state index is 0.188. The Morgan fingerprint density at radius 3 is 2.76 bits per heavy atom. The lowest BCUT2D eigenvalue weighted by Crippen LogP contribution is -2.32. The molecule has 1 aromatic carbocycles. The Bertz CT molecular complexity index is 541. The fourth-order valence-corrected chi connectivity index (χ4v) is 1.75. The van der Waals surface area contributed by atoms with Gasteiger partial charge in [0.15, 0.2) is 0 Å². The van der Waals surface area contributed by atoms with Crippen LogP contribution in [0.4, 0.5) is 0 Å². The molecule has 0 saturated heterocycles. The van der Waals surface area contributed by atoms with Gasteiger partial charge in [0.2, 0.25) is 0 Å². The van der Waals surface area contributed by atoms with Crippen molar-refractivity contribution in [2.75, 3.05) is 0 Å². The van der Waals surface area contributed by atoms with Crippen LogP contribution in [0.3, 0.4) is 0 Å². The maximum Gasteiger partial charge on any atom is 0.143 e. The molecule has 2 rings (SSSR count). The number of pyridine rings is 1. The van der Waals surface area contributed by atoms with Crippen LogP contribution in [0.1, 0.15) is 19.4 Å². The van der Waals surface area contributed by atoms with Gasteiger partial charge in [-0.1, -0.05) is 18.2 Å². The molecular weight excluding hydrogens is 212 g/mol. The number of rotatable bonds is 2. The summed E-state index contributed by atoms with van der Waals surface area (Å²) in [6, 6.07) is 10.1. The number of fused-ring (bicyclic) bond motifs is 1. The van der Waals surface area contributed by atoms with Crippen LogP contribution in [0.15, 0.2) is 41.5 Å². The number of nitrogens with two attached hydrogens (primary N) is 1. The molecule has 4 heteroatoms. The van der Waals surface area contributed by atoms with Crippen molar-refractivity contribution in [2.24, 2.45) is 10.8 Å². The topological polar surface area (TPSA) is 63.3 Å². The Morgan fingerprint density at radius 2 is 2.06 bits per heavy atom. The van der Waals surface area contributed by atoms with Gasteiger partial charge in [0.05, 0.1) is 5.52 Å². The molecule has 0 atom stereocenters. The first kappa shape index (κ1) is 11.5. The Labute approximate surface area is 101 Å². The van der Waals surface area contributed by atoms with Gasteiger partial charge < -0.3 is 5.43 Å². The number of hydrazine groups is 1. The average molecular weight is 228 g/mol. The summed E-state index contributed by atoms with van der Waals surface area (Å²) in [7, 11) is 0. The highest BCUT2D eigenvalue weighted by atomic mass is 15.3. The molecule has 0 aliphatic carbocycles. The monoisotopic (exact) mass is 228 g/mol. The van der Waals surface area contributed by atoms with E-state index in [9.17, 15) is 0 Å². The molecule has 0 fully saturated rings. The molecule has 0 aliphatic rings. The fraction of sp³-hybridized carbons (Fsp3) is 0.231. The normalized spacial score (nSPS) is 12.1. The van der Waals surface area contributed by atoms with E-state index in [1.165, 1.54) is 0 Å². The molecule has 0 amide bonds. The third kappa shape index (κ3) is 2.42. The van der Waals surface area contributed by atoms with Gasteiger partial charge in [-0.05, 0) is 26.0 Å². The summed E-state index contributed by atoms with van der Waals surface area (Å²) in [6.07, 6.45) is 1.77. The Morgan fingerprint density at radius 1 is 1.29 bits per heavy atom. The lowest BCUT2D eigenvalue weighted by Gasteiger charge is -2.10. The van der Waals surface area contributed by atoms with E-state index >= 15 is 0 Å². The summed E-state index contributed by atoms with van der Waals surface area (Å²) in [5, 5.41) is 1.05. The minimum Gasteiger partial charge on any atom is -0.308 e. The number of benzene rings is 1. The van der Waals surface area contributed by atoms with E-state index in [-0.39, 0.29) is 6.04 Å². The van der Waals surface area contributed by atoms with Crippen LogP contribution in [0.25, 0.3) is 10.9 Å². The second kappa shape index (κ2) is 4.93. The number of nitrogens with zero attached hydrogens (tertiary/aromatic N) is 2. The summed E-state index contributed by atoms with van der Waals surface area (Å²) in [5.41, 5.74) is 4.58. The summed E-state index contributed by atoms with van der Waals surface area (Å²) in [4.78, 5) is 8.78. The number of hydrogen-bond acceptors (Lipinski definition) is 3. The zero-order chi connectivity index (χ0) is 12.3. The van der Waals surface area contributed by atoms with Crippen LogP contribution < -0.4 is 11.3 Å². The first-order valence-electron chi connectivity index (χ1n) is 5.61. The number of hydrogen-bond donors (Lipinski definition) is 2. The number of nitrogens with one attached hydrogen (secondary N) is 1. The highest BCUT2D eigenvalue weighted by Gasteiger charge is 2.07. The van der Waals surface area contributed by atoms with Crippen LogP contribution in [-0.4, -0.2) is 16.9 Å². The maximum atomic E-state index is 5.54. The Hall–Kier alpha value is -1.94. The third-order valence-corrected chi connectivity index (χ3v) is 2.43. The van der Waals surface area contributed by atoms with E-state index in [2.05, 4.69) is 15.4 Å². The fourth-order valence-electron chi connectivity index (χ4n) is 1.75. The minimum absolute atomic E-state index is 0.188. The van der Waals surface area contributed by atoms with Gasteiger partial charge in [-0.3, -0.25) is 9.98 Å². The molecule has 0 saturated carbocycles. The molecule has 1 aromatic heterocycles. The van der Waals surface area contributed by atoms with Gasteiger partial charge in [-0.2, -0.15) is 0 Å². The molecule has 0 unspecified atom stereocenters. The molecular formula is C13H16N4. The van der Waals surface area contributed by atoms with Crippen molar-refractivity contribution in [1.29, 1.82) is 0 Å². The van der Waals surface area contributed by atoms with Crippen molar-refractivity contribution in [3.63, 3.8) is 0 Å². The largest absolute Gasteiger partial charge is 0.308 e. The Balaban J connectivity index is 2.61. The van der Waals surface area contributed by atoms with E-state index in [0.29, 0.717) is 5.84 Å². The lowest BCUT2D eigenvalue weighted by atomic mass is 10.1. The number of amidine groups is 1. The predicted octanol–water partition coefficient (Wildman–Crippen LogP) is 1.85. The van der Waals surface area contributed by atoms with E-state index in [1.807, 2.05) is 44.2 Å². The highest BCUT2D eigenvalue weighted by Crippen LogP contribution is 2.16.